The fraction of sp³-hybridized carbons (Fsp3) is 0.308. The molecule has 3 nitrogen and oxygen atoms in total. The average molecular weight is 294 g/mol. The van der Waals surface area contributed by atoms with E-state index >= 15 is 0 Å². The molecule has 90 valence electrons. The van der Waals surface area contributed by atoms with Crippen molar-refractivity contribution in [2.45, 2.75) is 26.2 Å². The van der Waals surface area contributed by atoms with E-state index in [4.69, 9.17) is 5.73 Å². The zero-order valence-electron chi connectivity index (χ0n) is 10.2. The first kappa shape index (κ1) is 12.2. The molecule has 3 N–H and O–H groups in total. The minimum absolute atomic E-state index is 0.00692. The van der Waals surface area contributed by atoms with Gasteiger partial charge in [0.05, 0.1) is 5.69 Å². The molecule has 0 aliphatic rings. The number of anilines is 1. The molecule has 0 radical (unpaired) electrons. The molecule has 4 heteroatoms. The van der Waals surface area contributed by atoms with Crippen molar-refractivity contribution in [3.05, 3.63) is 34.4 Å². The lowest BCUT2D eigenvalue weighted by molar-refractivity contribution is 0.568. The summed E-state index contributed by atoms with van der Waals surface area (Å²) in [5.41, 5.74) is 9.11. The van der Waals surface area contributed by atoms with Gasteiger partial charge in [-0.25, -0.2) is 0 Å². The van der Waals surface area contributed by atoms with Crippen LogP contribution in [0.4, 0.5) is 5.82 Å². The Hall–Kier alpha value is -1.29. The van der Waals surface area contributed by atoms with Crippen LogP contribution in [0, 0.1) is 0 Å². The molecule has 17 heavy (non-hydrogen) atoms. The van der Waals surface area contributed by atoms with Gasteiger partial charge in [0, 0.05) is 15.5 Å². The Labute approximate surface area is 110 Å². The Bertz CT molecular complexity index is 521. The maximum Gasteiger partial charge on any atom is 0.153 e. The van der Waals surface area contributed by atoms with Crippen molar-refractivity contribution in [3.63, 3.8) is 0 Å². The standard InChI is InChI=1S/C13H16BrN3/c1-13(2,3)11-10(12(15)17-16-11)8-4-6-9(14)7-5-8/h4-7H,1-3H3,(H3,15,16,17). The van der Waals surface area contributed by atoms with Crippen molar-refractivity contribution in [1.29, 1.82) is 0 Å². The third-order valence-corrected chi connectivity index (χ3v) is 3.21. The monoisotopic (exact) mass is 293 g/mol. The van der Waals surface area contributed by atoms with Crippen LogP contribution in [-0.2, 0) is 5.41 Å². The van der Waals surface area contributed by atoms with Gasteiger partial charge in [0.25, 0.3) is 0 Å². The van der Waals surface area contributed by atoms with Crippen LogP contribution in [0.15, 0.2) is 28.7 Å². The van der Waals surface area contributed by atoms with Crippen molar-refractivity contribution in [2.75, 3.05) is 5.73 Å². The molecule has 2 rings (SSSR count). The smallest absolute Gasteiger partial charge is 0.153 e. The molecule has 0 aliphatic heterocycles. The summed E-state index contributed by atoms with van der Waals surface area (Å²) >= 11 is 3.43. The van der Waals surface area contributed by atoms with Gasteiger partial charge in [-0.15, -0.1) is 0 Å². The summed E-state index contributed by atoms with van der Waals surface area (Å²) in [4.78, 5) is 0. The lowest BCUT2D eigenvalue weighted by Crippen LogP contribution is -2.13. The van der Waals surface area contributed by atoms with Gasteiger partial charge in [0.15, 0.2) is 5.82 Å². The lowest BCUT2D eigenvalue weighted by Gasteiger charge is -2.18. The minimum Gasteiger partial charge on any atom is -0.382 e. The lowest BCUT2D eigenvalue weighted by atomic mass is 9.87. The van der Waals surface area contributed by atoms with Crippen LogP contribution in [-0.4, -0.2) is 10.2 Å². The Morgan fingerprint density at radius 1 is 1.18 bits per heavy atom. The first-order valence-corrected chi connectivity index (χ1v) is 6.29. The largest absolute Gasteiger partial charge is 0.382 e. The van der Waals surface area contributed by atoms with E-state index in [1.54, 1.807) is 0 Å². The third kappa shape index (κ3) is 2.36. The fourth-order valence-electron chi connectivity index (χ4n) is 1.81. The average Bonchev–Trinajstić information content (AvgIpc) is 2.61. The molecule has 0 spiro atoms. The van der Waals surface area contributed by atoms with Crippen LogP contribution in [0.3, 0.4) is 0 Å². The van der Waals surface area contributed by atoms with Crippen LogP contribution in [0.25, 0.3) is 11.1 Å². The Balaban J connectivity index is 2.59. The molecule has 0 bridgehead atoms. The highest BCUT2D eigenvalue weighted by molar-refractivity contribution is 9.10. The van der Waals surface area contributed by atoms with E-state index in [-0.39, 0.29) is 5.41 Å². The number of nitrogen functional groups attached to an aromatic ring is 1. The molecule has 0 amide bonds. The quantitative estimate of drug-likeness (QED) is 0.842. The maximum atomic E-state index is 5.95. The van der Waals surface area contributed by atoms with Crippen LogP contribution >= 0.6 is 15.9 Å². The number of nitrogens with two attached hydrogens (primary N) is 1. The van der Waals surface area contributed by atoms with Crippen molar-refractivity contribution >= 4 is 21.7 Å². The van der Waals surface area contributed by atoms with Crippen molar-refractivity contribution in [2.24, 2.45) is 0 Å². The first-order chi connectivity index (χ1) is 7.89. The third-order valence-electron chi connectivity index (χ3n) is 2.68. The predicted octanol–water partition coefficient (Wildman–Crippen LogP) is 3.72. The van der Waals surface area contributed by atoms with Gasteiger partial charge in [-0.3, -0.25) is 5.10 Å². The van der Waals surface area contributed by atoms with Gasteiger partial charge in [-0.2, -0.15) is 5.10 Å². The normalized spacial score (nSPS) is 11.8. The van der Waals surface area contributed by atoms with Crippen LogP contribution in [0.5, 0.6) is 0 Å². The summed E-state index contributed by atoms with van der Waals surface area (Å²) in [7, 11) is 0. The van der Waals surface area contributed by atoms with Crippen LogP contribution in [0.1, 0.15) is 26.5 Å². The number of halogens is 1. The highest BCUT2D eigenvalue weighted by atomic mass is 79.9. The van der Waals surface area contributed by atoms with E-state index in [0.717, 1.165) is 21.3 Å². The topological polar surface area (TPSA) is 54.7 Å². The summed E-state index contributed by atoms with van der Waals surface area (Å²) < 4.78 is 1.06. The number of H-pyrrole nitrogens is 1. The minimum atomic E-state index is -0.00692. The first-order valence-electron chi connectivity index (χ1n) is 5.50. The second-order valence-corrected chi connectivity index (χ2v) is 6.03. The SMILES string of the molecule is CC(C)(C)c1[nH]nc(N)c1-c1ccc(Br)cc1. The number of nitrogens with zero attached hydrogens (tertiary/aromatic N) is 1. The molecular formula is C13H16BrN3. The van der Waals surface area contributed by atoms with Crippen molar-refractivity contribution < 1.29 is 0 Å². The number of aromatic amines is 1. The molecule has 0 saturated heterocycles. The summed E-state index contributed by atoms with van der Waals surface area (Å²) in [5.74, 6) is 0.553. The van der Waals surface area contributed by atoms with E-state index < -0.39 is 0 Å². The number of hydrogen-bond acceptors (Lipinski definition) is 2. The number of aromatic nitrogens is 2. The predicted molar refractivity (Wildman–Crippen MR) is 74.8 cm³/mol. The molecule has 2 aromatic rings. The summed E-state index contributed by atoms with van der Waals surface area (Å²) in [6.07, 6.45) is 0. The second-order valence-electron chi connectivity index (χ2n) is 5.12. The number of hydrogen-bond donors (Lipinski definition) is 2. The summed E-state index contributed by atoms with van der Waals surface area (Å²) in [6.45, 7) is 6.42. The van der Waals surface area contributed by atoms with E-state index in [9.17, 15) is 0 Å². The molecule has 0 saturated carbocycles. The van der Waals surface area contributed by atoms with Gasteiger partial charge in [0.2, 0.25) is 0 Å². The Morgan fingerprint density at radius 3 is 2.29 bits per heavy atom. The van der Waals surface area contributed by atoms with E-state index in [1.165, 1.54) is 0 Å². The molecule has 0 fully saturated rings. The van der Waals surface area contributed by atoms with E-state index in [0.29, 0.717) is 5.82 Å². The number of nitrogens with one attached hydrogen (secondary N) is 1. The van der Waals surface area contributed by atoms with Gasteiger partial charge >= 0.3 is 0 Å². The summed E-state index contributed by atoms with van der Waals surface area (Å²) in [5, 5.41) is 7.16. The van der Waals surface area contributed by atoms with Crippen LogP contribution in [0.2, 0.25) is 0 Å². The molecule has 1 heterocycles. The van der Waals surface area contributed by atoms with Gasteiger partial charge < -0.3 is 5.73 Å². The van der Waals surface area contributed by atoms with Crippen molar-refractivity contribution in [1.82, 2.24) is 10.2 Å². The second kappa shape index (κ2) is 4.18. The molecule has 1 aromatic carbocycles. The van der Waals surface area contributed by atoms with Gasteiger partial charge in [-0.05, 0) is 17.7 Å². The molecule has 0 atom stereocenters. The maximum absolute atomic E-state index is 5.95. The van der Waals surface area contributed by atoms with Crippen molar-refractivity contribution in [3.8, 4) is 11.1 Å². The number of rotatable bonds is 1. The van der Waals surface area contributed by atoms with Gasteiger partial charge in [0.1, 0.15) is 0 Å². The molecular weight excluding hydrogens is 278 g/mol. The zero-order chi connectivity index (χ0) is 12.6. The number of benzene rings is 1. The fourth-order valence-corrected chi connectivity index (χ4v) is 2.07. The highest BCUT2D eigenvalue weighted by Crippen LogP contribution is 2.35. The molecule has 0 aliphatic carbocycles. The van der Waals surface area contributed by atoms with E-state index in [1.807, 2.05) is 24.3 Å². The highest BCUT2D eigenvalue weighted by Gasteiger charge is 2.23. The summed E-state index contributed by atoms with van der Waals surface area (Å²) in [6, 6.07) is 8.10. The Kier molecular flexibility index (Phi) is 3.00. The van der Waals surface area contributed by atoms with Crippen LogP contribution < -0.4 is 5.73 Å². The van der Waals surface area contributed by atoms with Gasteiger partial charge in [-0.1, -0.05) is 48.8 Å². The molecule has 1 aromatic heterocycles. The Morgan fingerprint density at radius 2 is 1.76 bits per heavy atom. The molecule has 0 unspecified atom stereocenters. The zero-order valence-corrected chi connectivity index (χ0v) is 11.8. The van der Waals surface area contributed by atoms with E-state index in [2.05, 4.69) is 46.9 Å².